The smallest absolute Gasteiger partial charge is 0.303 e. The normalized spacial score (nSPS) is 12.7. The minimum absolute atomic E-state index is 0.142. The predicted molar refractivity (Wildman–Crippen MR) is 60.9 cm³/mol. The quantitative estimate of drug-likeness (QED) is 0.802. The SMILES string of the molecule is CC(C)C[C@@H](CC(=O)O)c1ccccc1. The fourth-order valence-corrected chi connectivity index (χ4v) is 1.84. The first-order valence-electron chi connectivity index (χ1n) is 5.36. The maximum absolute atomic E-state index is 10.8. The Labute approximate surface area is 90.9 Å². The van der Waals surface area contributed by atoms with Crippen LogP contribution in [0.4, 0.5) is 0 Å². The number of carboxylic acids is 1. The van der Waals surface area contributed by atoms with Crippen LogP contribution in [0, 0.1) is 5.92 Å². The standard InChI is InChI=1S/C13H18O2/c1-10(2)8-12(9-13(14)15)11-6-4-3-5-7-11/h3-7,10,12H,8-9H2,1-2H3,(H,14,15)/t12-/m0/s1. The van der Waals surface area contributed by atoms with E-state index in [0.717, 1.165) is 12.0 Å². The molecule has 82 valence electrons. The van der Waals surface area contributed by atoms with Crippen LogP contribution in [0.5, 0.6) is 0 Å². The molecular formula is C13H18O2. The first-order chi connectivity index (χ1) is 7.09. The molecule has 1 N–H and O–H groups in total. The first kappa shape index (κ1) is 11.8. The Morgan fingerprint density at radius 1 is 1.27 bits per heavy atom. The number of hydrogen-bond acceptors (Lipinski definition) is 1. The molecule has 0 bridgehead atoms. The molecular weight excluding hydrogens is 188 g/mol. The maximum Gasteiger partial charge on any atom is 0.303 e. The third-order valence-electron chi connectivity index (χ3n) is 2.45. The largest absolute Gasteiger partial charge is 0.481 e. The van der Waals surface area contributed by atoms with E-state index in [1.165, 1.54) is 0 Å². The lowest BCUT2D eigenvalue weighted by Gasteiger charge is -2.17. The summed E-state index contributed by atoms with van der Waals surface area (Å²) in [5.74, 6) is -0.0530. The molecule has 0 unspecified atom stereocenters. The van der Waals surface area contributed by atoms with Crippen molar-refractivity contribution in [1.29, 1.82) is 0 Å². The topological polar surface area (TPSA) is 37.3 Å². The Hall–Kier alpha value is -1.31. The zero-order valence-electron chi connectivity index (χ0n) is 9.31. The molecule has 0 aliphatic carbocycles. The van der Waals surface area contributed by atoms with Gasteiger partial charge in [0.15, 0.2) is 0 Å². The van der Waals surface area contributed by atoms with Gasteiger partial charge in [-0.2, -0.15) is 0 Å². The van der Waals surface area contributed by atoms with Crippen molar-refractivity contribution in [2.24, 2.45) is 5.92 Å². The van der Waals surface area contributed by atoms with Gasteiger partial charge in [0.25, 0.3) is 0 Å². The first-order valence-corrected chi connectivity index (χ1v) is 5.36. The molecule has 1 atom stereocenters. The monoisotopic (exact) mass is 206 g/mol. The molecule has 0 aliphatic rings. The van der Waals surface area contributed by atoms with E-state index >= 15 is 0 Å². The number of carboxylic acid groups (broad SMARTS) is 1. The van der Waals surface area contributed by atoms with Crippen molar-refractivity contribution in [3.8, 4) is 0 Å². The molecule has 0 saturated carbocycles. The summed E-state index contributed by atoms with van der Waals surface area (Å²) in [6.45, 7) is 4.25. The number of hydrogen-bond donors (Lipinski definition) is 1. The van der Waals surface area contributed by atoms with Crippen LogP contribution in [0.15, 0.2) is 30.3 Å². The zero-order valence-corrected chi connectivity index (χ0v) is 9.31. The Kier molecular flexibility index (Phi) is 4.35. The fraction of sp³-hybridized carbons (Fsp3) is 0.462. The van der Waals surface area contributed by atoms with Gasteiger partial charge in [-0.15, -0.1) is 0 Å². The van der Waals surface area contributed by atoms with Crippen LogP contribution in [0.1, 0.15) is 38.2 Å². The van der Waals surface area contributed by atoms with Gasteiger partial charge in [-0.3, -0.25) is 4.79 Å². The summed E-state index contributed by atoms with van der Waals surface area (Å²) in [7, 11) is 0. The lowest BCUT2D eigenvalue weighted by molar-refractivity contribution is -0.137. The summed E-state index contributed by atoms with van der Waals surface area (Å²) in [5, 5.41) is 8.86. The molecule has 0 amide bonds. The van der Waals surface area contributed by atoms with Gasteiger partial charge in [0, 0.05) is 0 Å². The van der Waals surface area contributed by atoms with Crippen LogP contribution in [-0.4, -0.2) is 11.1 Å². The van der Waals surface area contributed by atoms with E-state index in [1.807, 2.05) is 30.3 Å². The molecule has 1 aromatic rings. The van der Waals surface area contributed by atoms with Crippen LogP contribution in [0.3, 0.4) is 0 Å². The molecule has 0 radical (unpaired) electrons. The Bertz CT molecular complexity index is 304. The van der Waals surface area contributed by atoms with Crippen molar-refractivity contribution < 1.29 is 9.90 Å². The van der Waals surface area contributed by atoms with Crippen molar-refractivity contribution in [2.45, 2.75) is 32.6 Å². The summed E-state index contributed by atoms with van der Waals surface area (Å²) < 4.78 is 0. The average molecular weight is 206 g/mol. The van der Waals surface area contributed by atoms with E-state index in [9.17, 15) is 4.79 Å². The Morgan fingerprint density at radius 2 is 1.87 bits per heavy atom. The van der Waals surface area contributed by atoms with Crippen LogP contribution >= 0.6 is 0 Å². The van der Waals surface area contributed by atoms with E-state index in [-0.39, 0.29) is 12.3 Å². The van der Waals surface area contributed by atoms with Crippen molar-refractivity contribution in [2.75, 3.05) is 0 Å². The van der Waals surface area contributed by atoms with Crippen LogP contribution < -0.4 is 0 Å². The van der Waals surface area contributed by atoms with Gasteiger partial charge in [0.1, 0.15) is 0 Å². The van der Waals surface area contributed by atoms with Crippen molar-refractivity contribution in [3.05, 3.63) is 35.9 Å². The maximum atomic E-state index is 10.8. The second-order valence-corrected chi connectivity index (χ2v) is 4.34. The molecule has 0 heterocycles. The average Bonchev–Trinajstić information content (AvgIpc) is 2.17. The predicted octanol–water partition coefficient (Wildman–Crippen LogP) is 3.29. The summed E-state index contributed by atoms with van der Waals surface area (Å²) >= 11 is 0. The minimum atomic E-state index is -0.718. The molecule has 0 saturated heterocycles. The number of benzene rings is 1. The molecule has 2 heteroatoms. The van der Waals surface area contributed by atoms with Gasteiger partial charge < -0.3 is 5.11 Å². The molecule has 2 nitrogen and oxygen atoms in total. The van der Waals surface area contributed by atoms with E-state index < -0.39 is 5.97 Å². The zero-order chi connectivity index (χ0) is 11.3. The van der Waals surface area contributed by atoms with Crippen LogP contribution in [0.2, 0.25) is 0 Å². The highest BCUT2D eigenvalue weighted by Crippen LogP contribution is 2.26. The second-order valence-electron chi connectivity index (χ2n) is 4.34. The van der Waals surface area contributed by atoms with Crippen molar-refractivity contribution in [1.82, 2.24) is 0 Å². The highest BCUT2D eigenvalue weighted by atomic mass is 16.4. The van der Waals surface area contributed by atoms with Crippen molar-refractivity contribution >= 4 is 5.97 Å². The molecule has 1 aromatic carbocycles. The summed E-state index contributed by atoms with van der Waals surface area (Å²) in [4.78, 5) is 10.8. The highest BCUT2D eigenvalue weighted by molar-refractivity contribution is 5.68. The summed E-state index contributed by atoms with van der Waals surface area (Å²) in [5.41, 5.74) is 1.13. The van der Waals surface area contributed by atoms with E-state index in [1.54, 1.807) is 0 Å². The summed E-state index contributed by atoms with van der Waals surface area (Å²) in [6.07, 6.45) is 1.15. The number of aliphatic carboxylic acids is 1. The third-order valence-corrected chi connectivity index (χ3v) is 2.45. The molecule has 0 fully saturated rings. The second kappa shape index (κ2) is 5.54. The summed E-state index contributed by atoms with van der Waals surface area (Å²) in [6, 6.07) is 9.90. The van der Waals surface area contributed by atoms with Crippen LogP contribution in [0.25, 0.3) is 0 Å². The fourth-order valence-electron chi connectivity index (χ4n) is 1.84. The molecule has 0 spiro atoms. The van der Waals surface area contributed by atoms with Gasteiger partial charge >= 0.3 is 5.97 Å². The molecule has 15 heavy (non-hydrogen) atoms. The minimum Gasteiger partial charge on any atom is -0.481 e. The Morgan fingerprint density at radius 3 is 2.33 bits per heavy atom. The van der Waals surface area contributed by atoms with E-state index in [4.69, 9.17) is 5.11 Å². The highest BCUT2D eigenvalue weighted by Gasteiger charge is 2.16. The van der Waals surface area contributed by atoms with Crippen molar-refractivity contribution in [3.63, 3.8) is 0 Å². The number of rotatable bonds is 5. The van der Waals surface area contributed by atoms with E-state index in [0.29, 0.717) is 5.92 Å². The lowest BCUT2D eigenvalue weighted by atomic mass is 9.88. The Balaban J connectivity index is 2.76. The number of carbonyl (C=O) groups is 1. The molecule has 0 aliphatic heterocycles. The van der Waals surface area contributed by atoms with Gasteiger partial charge in [0.2, 0.25) is 0 Å². The van der Waals surface area contributed by atoms with Gasteiger partial charge in [-0.25, -0.2) is 0 Å². The van der Waals surface area contributed by atoms with Crippen LogP contribution in [-0.2, 0) is 4.79 Å². The van der Waals surface area contributed by atoms with Gasteiger partial charge in [0.05, 0.1) is 6.42 Å². The molecule has 1 rings (SSSR count). The lowest BCUT2D eigenvalue weighted by Crippen LogP contribution is -2.08. The van der Waals surface area contributed by atoms with E-state index in [2.05, 4.69) is 13.8 Å². The molecule has 0 aromatic heterocycles. The van der Waals surface area contributed by atoms with Gasteiger partial charge in [-0.1, -0.05) is 44.2 Å². The third kappa shape index (κ3) is 4.15. The van der Waals surface area contributed by atoms with Gasteiger partial charge in [-0.05, 0) is 23.8 Å².